The fourth-order valence-electron chi connectivity index (χ4n) is 0.809. The Morgan fingerprint density at radius 3 is 2.00 bits per heavy atom. The van der Waals surface area contributed by atoms with Crippen molar-refractivity contribution in [2.75, 3.05) is 0 Å². The molecule has 0 aliphatic heterocycles. The van der Waals surface area contributed by atoms with Gasteiger partial charge in [-0.3, -0.25) is 0 Å². The zero-order valence-corrected chi connectivity index (χ0v) is 14.2. The summed E-state index contributed by atoms with van der Waals surface area (Å²) in [7, 11) is 0. The average Bonchev–Trinajstić information content (AvgIpc) is 1.83. The summed E-state index contributed by atoms with van der Waals surface area (Å²) in [5.74, 6) is 0.422. The summed E-state index contributed by atoms with van der Waals surface area (Å²) in [6, 6.07) is 0. The van der Waals surface area contributed by atoms with Crippen LogP contribution in [0.2, 0.25) is 3.43 Å². The number of Topliss-reactive ketones (excluding diaryl/α,β-unsaturated/α-hetero) is 1. The van der Waals surface area contributed by atoms with Crippen molar-refractivity contribution in [2.45, 2.75) is 31.1 Å². The Kier molecular flexibility index (Phi) is 4.65. The molecule has 0 saturated carbocycles. The Balaban J connectivity index is 4.09. The molecule has 0 amide bonds. The average molecular weight is 394 g/mol. The van der Waals surface area contributed by atoms with Crippen molar-refractivity contribution in [1.29, 1.82) is 0 Å². The summed E-state index contributed by atoms with van der Waals surface area (Å²) >= 11 is 2.53. The van der Waals surface area contributed by atoms with Gasteiger partial charge in [0, 0.05) is 0 Å². The van der Waals surface area contributed by atoms with Gasteiger partial charge < -0.3 is 0 Å². The van der Waals surface area contributed by atoms with Gasteiger partial charge in [-0.1, -0.05) is 0 Å². The van der Waals surface area contributed by atoms with Gasteiger partial charge >= 0.3 is 81.2 Å². The number of ketones is 1. The predicted molar refractivity (Wildman–Crippen MR) is 42.8 cm³/mol. The molecule has 0 bridgehead atoms. The number of hydrogen-bond acceptors (Lipinski definition) is 1. The number of carbonyl (C=O) groups is 1. The molecule has 0 saturated heterocycles. The molecule has 10 heavy (non-hydrogen) atoms. The van der Waals surface area contributed by atoms with E-state index < -0.39 is 22.1 Å². The molecular formula is C7H13BrHgO. The first-order chi connectivity index (χ1) is 4.39. The van der Waals surface area contributed by atoms with Crippen LogP contribution in [-0.2, 0) is 26.9 Å². The molecule has 1 unspecified atom stereocenters. The second-order valence-corrected chi connectivity index (χ2v) is 15.3. The van der Waals surface area contributed by atoms with Gasteiger partial charge in [0.05, 0.1) is 0 Å². The van der Waals surface area contributed by atoms with Crippen LogP contribution in [0.3, 0.4) is 0 Å². The van der Waals surface area contributed by atoms with Gasteiger partial charge in [0.2, 0.25) is 0 Å². The molecule has 0 aromatic heterocycles. The zero-order valence-electron chi connectivity index (χ0n) is 7.07. The van der Waals surface area contributed by atoms with Crippen LogP contribution in [0.25, 0.3) is 0 Å². The normalized spacial score (nSPS) is 14.1. The molecule has 56 valence electrons. The number of halogens is 1. The van der Waals surface area contributed by atoms with Crippen molar-refractivity contribution in [3.05, 3.63) is 0 Å². The summed E-state index contributed by atoms with van der Waals surface area (Å²) in [5, 5.41) is 0. The van der Waals surface area contributed by atoms with Gasteiger partial charge in [-0.25, -0.2) is 0 Å². The van der Waals surface area contributed by atoms with Gasteiger partial charge in [-0.05, 0) is 0 Å². The first-order valence-corrected chi connectivity index (χ1v) is 18.6. The zero-order chi connectivity index (χ0) is 8.36. The molecule has 3 heteroatoms. The molecule has 0 aromatic rings. The number of rotatable bonds is 2. The molecule has 0 N–H and O–H groups in total. The Morgan fingerprint density at radius 2 is 1.90 bits per heavy atom. The van der Waals surface area contributed by atoms with E-state index in [-0.39, 0.29) is 5.41 Å². The summed E-state index contributed by atoms with van der Waals surface area (Å²) < 4.78 is 0.361. The monoisotopic (exact) mass is 394 g/mol. The topological polar surface area (TPSA) is 17.1 Å². The molecule has 0 aromatic carbocycles. The van der Waals surface area contributed by atoms with Crippen LogP contribution >= 0.6 is 11.9 Å². The van der Waals surface area contributed by atoms with E-state index in [9.17, 15) is 4.79 Å². The second kappa shape index (κ2) is 4.20. The summed E-state index contributed by atoms with van der Waals surface area (Å²) in [6.45, 7) is 8.01. The van der Waals surface area contributed by atoms with E-state index in [1.54, 1.807) is 0 Å². The van der Waals surface area contributed by atoms with Gasteiger partial charge in [0.1, 0.15) is 0 Å². The van der Waals surface area contributed by atoms with Crippen LogP contribution in [0.1, 0.15) is 27.7 Å². The van der Waals surface area contributed by atoms with Crippen LogP contribution in [0.5, 0.6) is 0 Å². The van der Waals surface area contributed by atoms with Crippen LogP contribution in [-0.4, -0.2) is 5.78 Å². The number of hydrogen-bond donors (Lipinski definition) is 0. The number of carbonyl (C=O) groups excluding carboxylic acids is 1. The van der Waals surface area contributed by atoms with Crippen molar-refractivity contribution in [2.24, 2.45) is 5.41 Å². The van der Waals surface area contributed by atoms with E-state index in [4.69, 9.17) is 0 Å². The van der Waals surface area contributed by atoms with Crippen molar-refractivity contribution < 1.29 is 26.9 Å². The Bertz CT molecular complexity index is 128. The Labute approximate surface area is 80.6 Å². The fourth-order valence-corrected chi connectivity index (χ4v) is 6.31. The summed E-state index contributed by atoms with van der Waals surface area (Å²) in [4.78, 5) is 11.4. The molecule has 0 heterocycles. The molecule has 1 atom stereocenters. The fraction of sp³-hybridized carbons (Fsp3) is 0.857. The van der Waals surface area contributed by atoms with Crippen molar-refractivity contribution in [3.63, 3.8) is 0 Å². The quantitative estimate of drug-likeness (QED) is 0.660. The van der Waals surface area contributed by atoms with Crippen molar-refractivity contribution in [3.8, 4) is 0 Å². The molecule has 0 spiro atoms. The van der Waals surface area contributed by atoms with Gasteiger partial charge in [-0.15, -0.1) is 0 Å². The third kappa shape index (κ3) is 3.47. The van der Waals surface area contributed by atoms with E-state index in [0.29, 0.717) is 9.21 Å². The molecule has 0 radical (unpaired) electrons. The maximum atomic E-state index is 11.4. The minimum atomic E-state index is -0.982. The molecule has 1 nitrogen and oxygen atoms in total. The summed E-state index contributed by atoms with van der Waals surface area (Å²) in [5.41, 5.74) is -0.132. The maximum absolute atomic E-state index is 11.4. The molecule has 0 aliphatic rings. The molecular weight excluding hydrogens is 381 g/mol. The molecule has 0 fully saturated rings. The SMILES string of the molecule is C[CH]([Hg][Br])C(=O)C(C)(C)C. The predicted octanol–water partition coefficient (Wildman–Crippen LogP) is 2.80. The van der Waals surface area contributed by atoms with Crippen LogP contribution < -0.4 is 0 Å². The van der Waals surface area contributed by atoms with Crippen molar-refractivity contribution in [1.82, 2.24) is 0 Å². The van der Waals surface area contributed by atoms with Gasteiger partial charge in [0.15, 0.2) is 0 Å². The van der Waals surface area contributed by atoms with Crippen molar-refractivity contribution >= 4 is 17.7 Å². The van der Waals surface area contributed by atoms with Gasteiger partial charge in [0.25, 0.3) is 0 Å². The van der Waals surface area contributed by atoms with E-state index in [1.165, 1.54) is 0 Å². The standard InChI is InChI=1S/C7H13O.BrH.Hg/c1-5-6(8)7(2,3)4;;/h5H,1-4H3;1H;/q;;+1/p-1. The third-order valence-electron chi connectivity index (χ3n) is 1.42. The Hall–Kier alpha value is 1.09. The van der Waals surface area contributed by atoms with Crippen LogP contribution in [0.15, 0.2) is 0 Å². The van der Waals surface area contributed by atoms with E-state index in [2.05, 4.69) is 11.9 Å². The molecule has 0 rings (SSSR count). The minimum absolute atomic E-state index is 0.132. The second-order valence-electron chi connectivity index (χ2n) is 3.67. The van der Waals surface area contributed by atoms with Gasteiger partial charge in [-0.2, -0.15) is 0 Å². The third-order valence-corrected chi connectivity index (χ3v) is 13.2. The van der Waals surface area contributed by atoms with E-state index in [0.717, 1.165) is 0 Å². The van der Waals surface area contributed by atoms with E-state index >= 15 is 0 Å². The first-order valence-electron chi connectivity index (χ1n) is 3.50. The Morgan fingerprint density at radius 1 is 1.50 bits per heavy atom. The first kappa shape index (κ1) is 11.1. The molecule has 0 aliphatic carbocycles. The summed E-state index contributed by atoms with van der Waals surface area (Å²) in [6.07, 6.45) is 0. The van der Waals surface area contributed by atoms with Crippen LogP contribution in [0, 0.1) is 5.41 Å². The van der Waals surface area contributed by atoms with E-state index in [1.807, 2.05) is 27.7 Å². The van der Waals surface area contributed by atoms with Crippen LogP contribution in [0.4, 0.5) is 0 Å².